The molecule has 226 valence electrons. The smallest absolute Gasteiger partial charge is 0.160 e. The Labute approximate surface area is 278 Å². The second kappa shape index (κ2) is 12.3. The maximum Gasteiger partial charge on any atom is 0.160 e. The first-order valence-corrected chi connectivity index (χ1v) is 17.7. The molecule has 3 nitrogen and oxygen atoms in total. The minimum Gasteiger partial charge on any atom is -0.340 e. The molecule has 46 heavy (non-hydrogen) atoms. The number of para-hydroxylation sites is 2. The second-order valence-electron chi connectivity index (χ2n) is 11.9. The van der Waals surface area contributed by atoms with Crippen LogP contribution in [-0.2, 0) is 0 Å². The maximum absolute atomic E-state index is 11.4. The Kier molecular flexibility index (Phi) is 7.73. The average molecular weight is 635 g/mol. The lowest BCUT2D eigenvalue weighted by atomic mass is 10.0. The minimum absolute atomic E-state index is 0.760. The van der Waals surface area contributed by atoms with E-state index in [0.717, 1.165) is 34.6 Å². The van der Waals surface area contributed by atoms with Gasteiger partial charge < -0.3 is 9.47 Å². The van der Waals surface area contributed by atoms with Gasteiger partial charge in [-0.15, -0.1) is 11.3 Å². The van der Waals surface area contributed by atoms with Crippen molar-refractivity contribution in [2.75, 3.05) is 11.4 Å². The minimum atomic E-state index is 0.760. The number of nitrogens with zero attached hydrogens (tertiary/aromatic N) is 2. The number of anilines is 2. The highest BCUT2D eigenvalue weighted by molar-refractivity contribution is 7.99. The summed E-state index contributed by atoms with van der Waals surface area (Å²) in [7, 11) is 0. The topological polar surface area (TPSA) is 25.2 Å². The summed E-state index contributed by atoms with van der Waals surface area (Å²) in [5.41, 5.74) is 9.74. The van der Waals surface area contributed by atoms with Crippen LogP contribution in [0.15, 0.2) is 131 Å². The van der Waals surface area contributed by atoms with E-state index in [4.69, 9.17) is 0 Å². The number of benzene rings is 5. The van der Waals surface area contributed by atoms with E-state index in [2.05, 4.69) is 132 Å². The van der Waals surface area contributed by atoms with Crippen LogP contribution in [0.3, 0.4) is 0 Å². The summed E-state index contributed by atoms with van der Waals surface area (Å²) in [6.07, 6.45) is 5.83. The molecule has 0 fully saturated rings. The van der Waals surface area contributed by atoms with Crippen LogP contribution >= 0.6 is 23.1 Å². The monoisotopic (exact) mass is 634 g/mol. The largest absolute Gasteiger partial charge is 0.340 e. The van der Waals surface area contributed by atoms with Crippen molar-refractivity contribution >= 4 is 62.6 Å². The molecule has 5 aromatic carbocycles. The third-order valence-electron chi connectivity index (χ3n) is 9.00. The Morgan fingerprint density at radius 2 is 1.30 bits per heavy atom. The van der Waals surface area contributed by atoms with E-state index in [-0.39, 0.29) is 0 Å². The van der Waals surface area contributed by atoms with Crippen LogP contribution in [0.4, 0.5) is 11.4 Å². The van der Waals surface area contributed by atoms with E-state index in [9.17, 15) is 4.79 Å². The molecule has 0 amide bonds. The Balaban J connectivity index is 1.19. The maximum atomic E-state index is 11.4. The van der Waals surface area contributed by atoms with Gasteiger partial charge in [0.05, 0.1) is 27.3 Å². The Bertz CT molecular complexity index is 2170. The fourth-order valence-corrected chi connectivity index (χ4v) is 8.75. The number of rotatable bonds is 9. The van der Waals surface area contributed by atoms with Crippen molar-refractivity contribution in [2.24, 2.45) is 0 Å². The second-order valence-corrected chi connectivity index (χ2v) is 14.1. The SMILES string of the molecule is CCCCCCN1c2ccc(-c3cccc(-n4c5ccccc5c5ccccc54)c3)cc2Sc2cc(-c3ccc(C=O)s3)ccc21. The molecule has 0 unspecified atom stereocenters. The first-order valence-electron chi connectivity index (χ1n) is 16.1. The van der Waals surface area contributed by atoms with Crippen molar-refractivity contribution in [3.8, 4) is 27.3 Å². The highest BCUT2D eigenvalue weighted by atomic mass is 32.2. The van der Waals surface area contributed by atoms with Crippen molar-refractivity contribution in [3.63, 3.8) is 0 Å². The van der Waals surface area contributed by atoms with E-state index in [1.54, 1.807) is 11.3 Å². The van der Waals surface area contributed by atoms with Gasteiger partial charge in [-0.1, -0.05) is 98.6 Å². The molecule has 0 N–H and O–H groups in total. The third-order valence-corrected chi connectivity index (χ3v) is 11.2. The Hall–Kier alpha value is -4.58. The highest BCUT2D eigenvalue weighted by Crippen LogP contribution is 2.50. The van der Waals surface area contributed by atoms with Crippen molar-refractivity contribution in [3.05, 3.63) is 126 Å². The Morgan fingerprint density at radius 3 is 2.00 bits per heavy atom. The summed E-state index contributed by atoms with van der Waals surface area (Å²) in [5.74, 6) is 0. The summed E-state index contributed by atoms with van der Waals surface area (Å²) in [6.45, 7) is 3.26. The van der Waals surface area contributed by atoms with Crippen molar-refractivity contribution in [1.82, 2.24) is 4.57 Å². The summed E-state index contributed by atoms with van der Waals surface area (Å²) in [5, 5.41) is 2.55. The number of carbonyl (C=O) groups is 1. The van der Waals surface area contributed by atoms with Crippen LogP contribution in [0.2, 0.25) is 0 Å². The number of hydrogen-bond donors (Lipinski definition) is 0. The molecule has 0 saturated heterocycles. The molecule has 0 radical (unpaired) electrons. The average Bonchev–Trinajstić information content (AvgIpc) is 3.72. The number of thiophene rings is 1. The number of fused-ring (bicyclic) bond motifs is 5. The van der Waals surface area contributed by atoms with Gasteiger partial charge in [-0.05, 0) is 83.8 Å². The molecular weight excluding hydrogens is 601 g/mol. The van der Waals surface area contributed by atoms with Crippen molar-refractivity contribution in [2.45, 2.75) is 42.4 Å². The van der Waals surface area contributed by atoms with E-state index >= 15 is 0 Å². The number of carbonyl (C=O) groups excluding carboxylic acids is 1. The zero-order valence-electron chi connectivity index (χ0n) is 25.8. The zero-order chi connectivity index (χ0) is 31.0. The van der Waals surface area contributed by atoms with E-state index in [1.165, 1.54) is 79.0 Å². The molecule has 5 heteroatoms. The summed E-state index contributed by atoms with van der Waals surface area (Å²) in [4.78, 5) is 18.3. The first-order chi connectivity index (χ1) is 22.7. The summed E-state index contributed by atoms with van der Waals surface area (Å²) < 4.78 is 2.39. The van der Waals surface area contributed by atoms with Gasteiger partial charge in [0.2, 0.25) is 0 Å². The normalized spacial score (nSPS) is 12.4. The molecule has 7 aromatic rings. The predicted octanol–water partition coefficient (Wildman–Crippen LogP) is 12.2. The number of aromatic nitrogens is 1. The number of aldehydes is 1. The molecule has 8 rings (SSSR count). The highest BCUT2D eigenvalue weighted by Gasteiger charge is 2.25. The Morgan fingerprint density at radius 1 is 0.630 bits per heavy atom. The van der Waals surface area contributed by atoms with Crippen LogP contribution in [0.1, 0.15) is 42.3 Å². The van der Waals surface area contributed by atoms with Gasteiger partial charge in [-0.2, -0.15) is 0 Å². The van der Waals surface area contributed by atoms with Gasteiger partial charge in [0.15, 0.2) is 6.29 Å². The van der Waals surface area contributed by atoms with Gasteiger partial charge in [0, 0.05) is 37.7 Å². The molecule has 1 aliphatic heterocycles. The van der Waals surface area contributed by atoms with Gasteiger partial charge in [-0.25, -0.2) is 0 Å². The van der Waals surface area contributed by atoms with E-state index in [1.807, 2.05) is 17.8 Å². The van der Waals surface area contributed by atoms with Gasteiger partial charge in [0.25, 0.3) is 0 Å². The molecule has 1 aliphatic rings. The lowest BCUT2D eigenvalue weighted by Gasteiger charge is -2.33. The molecular formula is C41H34N2OS2. The zero-order valence-corrected chi connectivity index (χ0v) is 27.4. The van der Waals surface area contributed by atoms with Gasteiger partial charge in [-0.3, -0.25) is 4.79 Å². The third kappa shape index (κ3) is 5.14. The molecule has 0 saturated carbocycles. The quantitative estimate of drug-likeness (QED) is 0.117. The molecule has 3 heterocycles. The van der Waals surface area contributed by atoms with Crippen LogP contribution in [0, 0.1) is 0 Å². The van der Waals surface area contributed by atoms with Crippen LogP contribution in [0.25, 0.3) is 49.1 Å². The summed E-state index contributed by atoms with van der Waals surface area (Å²) >= 11 is 3.40. The van der Waals surface area contributed by atoms with Crippen LogP contribution in [0.5, 0.6) is 0 Å². The number of hydrogen-bond acceptors (Lipinski definition) is 4. The van der Waals surface area contributed by atoms with Crippen molar-refractivity contribution in [1.29, 1.82) is 0 Å². The molecule has 2 aromatic heterocycles. The predicted molar refractivity (Wildman–Crippen MR) is 197 cm³/mol. The number of unbranched alkanes of at least 4 members (excludes halogenated alkanes) is 3. The van der Waals surface area contributed by atoms with Gasteiger partial charge >= 0.3 is 0 Å². The standard InChI is InChI=1S/C41H34N2OS2/c1-2-3-4-9-23-42-37-20-17-29(25-40(37)46-41-26-30(18-21-38(41)42)39-22-19-32(27-44)45-39)28-11-10-12-31(24-28)43-35-15-7-5-13-33(35)34-14-6-8-16-36(34)43/h5-8,10-22,24-27H,2-4,9,23H2,1H3. The van der Waals surface area contributed by atoms with Crippen molar-refractivity contribution < 1.29 is 4.79 Å². The molecule has 0 spiro atoms. The molecule has 0 atom stereocenters. The molecule has 0 aliphatic carbocycles. The van der Waals surface area contributed by atoms with Crippen LogP contribution < -0.4 is 4.90 Å². The summed E-state index contributed by atoms with van der Waals surface area (Å²) in [6, 6.07) is 44.0. The first kappa shape index (κ1) is 28.9. The molecule has 0 bridgehead atoms. The van der Waals surface area contributed by atoms with Gasteiger partial charge in [0.1, 0.15) is 0 Å². The lowest BCUT2D eigenvalue weighted by molar-refractivity contribution is 0.112. The van der Waals surface area contributed by atoms with E-state index < -0.39 is 0 Å². The lowest BCUT2D eigenvalue weighted by Crippen LogP contribution is -2.22. The van der Waals surface area contributed by atoms with Crippen LogP contribution in [-0.4, -0.2) is 17.4 Å². The van der Waals surface area contributed by atoms with E-state index in [0.29, 0.717) is 0 Å². The fraction of sp³-hybridized carbons (Fsp3) is 0.146. The fourth-order valence-electron chi connectivity index (χ4n) is 6.75.